The van der Waals surface area contributed by atoms with Gasteiger partial charge in [-0.2, -0.15) is 0 Å². The molecule has 3 aromatic rings. The number of methoxy groups -OCH3 is 2. The smallest absolute Gasteiger partial charge is 0.416 e. The molecule has 8 heteroatoms. The van der Waals surface area contributed by atoms with Crippen LogP contribution >= 0.6 is 0 Å². The lowest BCUT2D eigenvalue weighted by atomic mass is 9.88. The Kier molecular flexibility index (Phi) is 11.1. The molecule has 4 rings (SSSR count). The summed E-state index contributed by atoms with van der Waals surface area (Å²) in [6, 6.07) is 23.7. The minimum absolute atomic E-state index is 0.121. The van der Waals surface area contributed by atoms with Crippen molar-refractivity contribution in [3.8, 4) is 11.5 Å². The van der Waals surface area contributed by atoms with Gasteiger partial charge in [-0.15, -0.1) is 0 Å². The number of amides is 2. The molecule has 0 saturated carbocycles. The summed E-state index contributed by atoms with van der Waals surface area (Å²) >= 11 is 0. The van der Waals surface area contributed by atoms with Crippen molar-refractivity contribution < 1.29 is 28.2 Å². The molecule has 0 aliphatic carbocycles. The lowest BCUT2D eigenvalue weighted by Gasteiger charge is -2.42. The lowest BCUT2D eigenvalue weighted by Crippen LogP contribution is -2.48. The SMILES string of the molecule is COc1cc(C(O[Si](C)(C)C(C)(C)C)[C@@H](CCCc2ccccc2)C(=O)N2C(=O)OC[C@@H]2Cc2ccccc2)cc(OC)c1C. The molecule has 1 aliphatic rings. The molecular weight excluding hydrogens is 582 g/mol. The third-order valence-corrected chi connectivity index (χ3v) is 13.8. The van der Waals surface area contributed by atoms with Crippen LogP contribution in [0.2, 0.25) is 18.1 Å². The summed E-state index contributed by atoms with van der Waals surface area (Å²) in [5, 5.41) is -0.121. The number of benzene rings is 3. The Labute approximate surface area is 270 Å². The van der Waals surface area contributed by atoms with E-state index in [-0.39, 0.29) is 17.6 Å². The van der Waals surface area contributed by atoms with Crippen LogP contribution in [0.4, 0.5) is 4.79 Å². The van der Waals surface area contributed by atoms with Crippen molar-refractivity contribution in [1.82, 2.24) is 4.90 Å². The second kappa shape index (κ2) is 14.6. The van der Waals surface area contributed by atoms with Crippen molar-refractivity contribution in [3.05, 3.63) is 95.1 Å². The van der Waals surface area contributed by atoms with E-state index in [0.717, 1.165) is 29.5 Å². The third-order valence-electron chi connectivity index (χ3n) is 9.35. The third kappa shape index (κ3) is 8.16. The zero-order valence-corrected chi connectivity index (χ0v) is 29.1. The number of hydrogen-bond acceptors (Lipinski definition) is 6. The summed E-state index contributed by atoms with van der Waals surface area (Å²) in [5.74, 6) is 0.398. The molecule has 0 N–H and O–H groups in total. The molecule has 0 aromatic heterocycles. The molecule has 242 valence electrons. The Morgan fingerprint density at radius 1 is 0.956 bits per heavy atom. The summed E-state index contributed by atoms with van der Waals surface area (Å²) in [5.41, 5.74) is 3.91. The molecular formula is C37H49NO6Si. The molecule has 1 saturated heterocycles. The highest BCUT2D eigenvalue weighted by molar-refractivity contribution is 6.74. The van der Waals surface area contributed by atoms with Gasteiger partial charge in [-0.05, 0) is 79.6 Å². The Balaban J connectivity index is 1.80. The molecule has 1 fully saturated rings. The van der Waals surface area contributed by atoms with Crippen LogP contribution in [-0.2, 0) is 26.8 Å². The van der Waals surface area contributed by atoms with E-state index < -0.39 is 32.5 Å². The van der Waals surface area contributed by atoms with Crippen LogP contribution in [0.5, 0.6) is 11.5 Å². The van der Waals surface area contributed by atoms with E-state index >= 15 is 0 Å². The molecule has 1 unspecified atom stereocenters. The monoisotopic (exact) mass is 631 g/mol. The molecule has 1 heterocycles. The summed E-state index contributed by atoms with van der Waals surface area (Å²) in [6.07, 6.45) is 1.35. The number of cyclic esters (lactones) is 1. The van der Waals surface area contributed by atoms with Gasteiger partial charge in [0.2, 0.25) is 5.91 Å². The summed E-state index contributed by atoms with van der Waals surface area (Å²) in [6.45, 7) is 13.1. The fourth-order valence-corrected chi connectivity index (χ4v) is 6.96. The number of carbonyl (C=O) groups excluding carboxylic acids is 2. The number of rotatable bonds is 13. The second-order valence-corrected chi connectivity index (χ2v) is 18.2. The summed E-state index contributed by atoms with van der Waals surface area (Å²) in [4.78, 5) is 29.5. The van der Waals surface area contributed by atoms with Crippen molar-refractivity contribution in [2.75, 3.05) is 20.8 Å². The fourth-order valence-electron chi connectivity index (χ4n) is 5.67. The van der Waals surface area contributed by atoms with E-state index in [2.05, 4.69) is 46.0 Å². The van der Waals surface area contributed by atoms with Crippen LogP contribution in [-0.4, -0.2) is 52.1 Å². The van der Waals surface area contributed by atoms with Gasteiger partial charge in [-0.25, -0.2) is 9.69 Å². The molecule has 1 aliphatic heterocycles. The van der Waals surface area contributed by atoms with Gasteiger partial charge in [0.1, 0.15) is 18.1 Å². The Morgan fingerprint density at radius 2 is 1.51 bits per heavy atom. The Bertz CT molecular complexity index is 1410. The van der Waals surface area contributed by atoms with E-state index in [1.807, 2.05) is 67.6 Å². The molecule has 0 bridgehead atoms. The van der Waals surface area contributed by atoms with Crippen LogP contribution in [0.25, 0.3) is 0 Å². The number of ether oxygens (including phenoxy) is 3. The van der Waals surface area contributed by atoms with Gasteiger partial charge in [0.05, 0.1) is 32.3 Å². The predicted molar refractivity (Wildman–Crippen MR) is 180 cm³/mol. The minimum Gasteiger partial charge on any atom is -0.496 e. The fraction of sp³-hybridized carbons (Fsp3) is 0.459. The van der Waals surface area contributed by atoms with Crippen molar-refractivity contribution in [2.24, 2.45) is 5.92 Å². The van der Waals surface area contributed by atoms with Crippen molar-refractivity contribution >= 4 is 20.3 Å². The van der Waals surface area contributed by atoms with Crippen LogP contribution in [0.3, 0.4) is 0 Å². The van der Waals surface area contributed by atoms with Crippen LogP contribution < -0.4 is 9.47 Å². The van der Waals surface area contributed by atoms with Crippen LogP contribution in [0.15, 0.2) is 72.8 Å². The molecule has 7 nitrogen and oxygen atoms in total. The minimum atomic E-state index is -2.43. The maximum Gasteiger partial charge on any atom is 0.416 e. The number of aryl methyl sites for hydroxylation is 1. The van der Waals surface area contributed by atoms with E-state index in [1.54, 1.807) is 14.2 Å². The molecule has 0 radical (unpaired) electrons. The summed E-state index contributed by atoms with van der Waals surface area (Å²) < 4.78 is 24.2. The van der Waals surface area contributed by atoms with Crippen molar-refractivity contribution in [3.63, 3.8) is 0 Å². The molecule has 2 amide bonds. The second-order valence-electron chi connectivity index (χ2n) is 13.5. The molecule has 3 aromatic carbocycles. The lowest BCUT2D eigenvalue weighted by molar-refractivity contribution is -0.137. The first-order chi connectivity index (χ1) is 21.4. The number of carbonyl (C=O) groups is 2. The van der Waals surface area contributed by atoms with Crippen molar-refractivity contribution in [1.29, 1.82) is 0 Å². The molecule has 45 heavy (non-hydrogen) atoms. The van der Waals surface area contributed by atoms with Gasteiger partial charge in [0.25, 0.3) is 0 Å². The topological polar surface area (TPSA) is 74.3 Å². The van der Waals surface area contributed by atoms with E-state index in [0.29, 0.717) is 24.3 Å². The highest BCUT2D eigenvalue weighted by Crippen LogP contribution is 2.45. The van der Waals surface area contributed by atoms with E-state index in [4.69, 9.17) is 18.6 Å². The Hall–Kier alpha value is -3.62. The highest BCUT2D eigenvalue weighted by Gasteiger charge is 2.47. The first-order valence-electron chi connectivity index (χ1n) is 15.8. The largest absolute Gasteiger partial charge is 0.496 e. The number of imide groups is 1. The Morgan fingerprint density at radius 3 is 2.04 bits per heavy atom. The molecule has 0 spiro atoms. The summed E-state index contributed by atoms with van der Waals surface area (Å²) in [7, 11) is 0.828. The van der Waals surface area contributed by atoms with Gasteiger partial charge in [0.15, 0.2) is 8.32 Å². The van der Waals surface area contributed by atoms with Gasteiger partial charge in [-0.3, -0.25) is 4.79 Å². The molecule has 3 atom stereocenters. The standard InChI is InChI=1S/C37H49NO6Si/c1-26-32(41-5)23-29(24-33(26)42-6)34(44-45(7,8)37(2,3)4)31(21-15-20-27-16-11-9-12-17-27)35(39)38-30(25-43-36(38)40)22-28-18-13-10-14-19-28/h9-14,16-19,23-24,30-31,34H,15,20-22,25H2,1-8H3/t30-,31+,34?/m0/s1. The zero-order chi connectivity index (χ0) is 32.8. The van der Waals surface area contributed by atoms with Crippen LogP contribution in [0.1, 0.15) is 62.0 Å². The maximum absolute atomic E-state index is 14.8. The first-order valence-corrected chi connectivity index (χ1v) is 18.7. The zero-order valence-electron chi connectivity index (χ0n) is 28.1. The quantitative estimate of drug-likeness (QED) is 0.177. The normalized spacial score (nSPS) is 16.7. The van der Waals surface area contributed by atoms with E-state index in [9.17, 15) is 9.59 Å². The van der Waals surface area contributed by atoms with Gasteiger partial charge in [0, 0.05) is 5.56 Å². The average molecular weight is 632 g/mol. The van der Waals surface area contributed by atoms with Crippen molar-refractivity contribution in [2.45, 2.75) is 83.7 Å². The maximum atomic E-state index is 14.8. The predicted octanol–water partition coefficient (Wildman–Crippen LogP) is 8.30. The van der Waals surface area contributed by atoms with Gasteiger partial charge >= 0.3 is 6.09 Å². The number of hydrogen-bond donors (Lipinski definition) is 0. The van der Waals surface area contributed by atoms with Gasteiger partial charge in [-0.1, -0.05) is 81.4 Å². The van der Waals surface area contributed by atoms with Gasteiger partial charge < -0.3 is 18.6 Å². The first kappa shape index (κ1) is 34.3. The average Bonchev–Trinajstić information content (AvgIpc) is 3.38. The number of nitrogens with zero attached hydrogens (tertiary/aromatic N) is 1. The van der Waals surface area contributed by atoms with Crippen LogP contribution in [0, 0.1) is 12.8 Å². The van der Waals surface area contributed by atoms with E-state index in [1.165, 1.54) is 10.5 Å². The highest BCUT2D eigenvalue weighted by atomic mass is 28.4.